The summed E-state index contributed by atoms with van der Waals surface area (Å²) in [5.74, 6) is 0.544. The van der Waals surface area contributed by atoms with Crippen LogP contribution in [0.3, 0.4) is 0 Å². The Balaban J connectivity index is 2.21. The minimum atomic E-state index is -0.248. The minimum absolute atomic E-state index is 0.248. The quantitative estimate of drug-likeness (QED) is 0.749. The fourth-order valence-electron chi connectivity index (χ4n) is 2.07. The molecule has 1 aromatic carbocycles. The molecule has 3 aromatic rings. The first-order valence-electron chi connectivity index (χ1n) is 5.70. The summed E-state index contributed by atoms with van der Waals surface area (Å²) in [7, 11) is 0. The molecule has 0 atom stereocenters. The number of aromatic nitrogens is 2. The first-order chi connectivity index (χ1) is 8.79. The molecule has 4 heteroatoms. The summed E-state index contributed by atoms with van der Waals surface area (Å²) >= 11 is 0. The summed E-state index contributed by atoms with van der Waals surface area (Å²) in [4.78, 5) is 4.39. The van der Waals surface area contributed by atoms with E-state index in [0.717, 1.165) is 22.5 Å². The van der Waals surface area contributed by atoms with Gasteiger partial charge in [0.1, 0.15) is 11.6 Å². The Kier molecular flexibility index (Phi) is 2.57. The van der Waals surface area contributed by atoms with Crippen molar-refractivity contribution < 1.29 is 4.39 Å². The van der Waals surface area contributed by atoms with Crippen LogP contribution in [-0.4, -0.2) is 9.38 Å². The van der Waals surface area contributed by atoms with Gasteiger partial charge in [-0.15, -0.1) is 0 Å². The van der Waals surface area contributed by atoms with Gasteiger partial charge >= 0.3 is 0 Å². The van der Waals surface area contributed by atoms with E-state index >= 15 is 0 Å². The highest BCUT2D eigenvalue weighted by atomic mass is 19.1. The molecule has 3 rings (SSSR count). The Labute approximate surface area is 104 Å². The number of pyridine rings is 1. The first kappa shape index (κ1) is 10.9. The van der Waals surface area contributed by atoms with Crippen molar-refractivity contribution in [3.63, 3.8) is 0 Å². The van der Waals surface area contributed by atoms with Crippen molar-refractivity contribution in [2.24, 2.45) is 5.73 Å². The van der Waals surface area contributed by atoms with E-state index in [2.05, 4.69) is 4.98 Å². The average Bonchev–Trinajstić information content (AvgIpc) is 2.83. The number of fused-ring (bicyclic) bond motifs is 1. The molecule has 90 valence electrons. The largest absolute Gasteiger partial charge is 0.326 e. The van der Waals surface area contributed by atoms with Crippen LogP contribution >= 0.6 is 0 Å². The Morgan fingerprint density at radius 2 is 1.94 bits per heavy atom. The van der Waals surface area contributed by atoms with Crippen molar-refractivity contribution in [3.8, 4) is 11.4 Å². The molecule has 3 nitrogen and oxygen atoms in total. The van der Waals surface area contributed by atoms with Gasteiger partial charge in [0.2, 0.25) is 0 Å². The highest BCUT2D eigenvalue weighted by molar-refractivity contribution is 5.64. The van der Waals surface area contributed by atoms with E-state index in [9.17, 15) is 4.39 Å². The smallest absolute Gasteiger partial charge is 0.144 e. The molecule has 0 amide bonds. The molecule has 0 radical (unpaired) electrons. The van der Waals surface area contributed by atoms with E-state index in [4.69, 9.17) is 5.73 Å². The average molecular weight is 241 g/mol. The lowest BCUT2D eigenvalue weighted by atomic mass is 10.2. The zero-order valence-corrected chi connectivity index (χ0v) is 9.68. The molecule has 2 N–H and O–H groups in total. The van der Waals surface area contributed by atoms with E-state index in [1.807, 2.05) is 22.7 Å². The summed E-state index contributed by atoms with van der Waals surface area (Å²) in [5.41, 5.74) is 8.60. The molecule has 0 saturated heterocycles. The number of benzene rings is 1. The molecule has 0 unspecified atom stereocenters. The van der Waals surface area contributed by atoms with E-state index in [1.165, 1.54) is 12.1 Å². The summed E-state index contributed by atoms with van der Waals surface area (Å²) < 4.78 is 14.9. The number of nitrogens with two attached hydrogens (primary N) is 1. The monoisotopic (exact) mass is 241 g/mol. The molecule has 18 heavy (non-hydrogen) atoms. The lowest BCUT2D eigenvalue weighted by Gasteiger charge is -2.04. The first-order valence-corrected chi connectivity index (χ1v) is 5.70. The topological polar surface area (TPSA) is 43.3 Å². The third-order valence-electron chi connectivity index (χ3n) is 2.98. The summed E-state index contributed by atoms with van der Waals surface area (Å²) in [6.45, 7) is 0.471. The molecule has 0 saturated carbocycles. The third kappa shape index (κ3) is 1.67. The second kappa shape index (κ2) is 4.23. The summed E-state index contributed by atoms with van der Waals surface area (Å²) in [5, 5.41) is 0. The van der Waals surface area contributed by atoms with Gasteiger partial charge in [-0.3, -0.25) is 4.40 Å². The van der Waals surface area contributed by atoms with Crippen molar-refractivity contribution in [1.29, 1.82) is 0 Å². The third-order valence-corrected chi connectivity index (χ3v) is 2.98. The van der Waals surface area contributed by atoms with Crippen molar-refractivity contribution in [2.75, 3.05) is 0 Å². The lowest BCUT2D eigenvalue weighted by molar-refractivity contribution is 0.628. The second-order valence-corrected chi connectivity index (χ2v) is 4.08. The fourth-order valence-corrected chi connectivity index (χ4v) is 2.07. The van der Waals surface area contributed by atoms with Crippen molar-refractivity contribution in [3.05, 3.63) is 60.2 Å². The number of halogens is 1. The van der Waals surface area contributed by atoms with E-state index in [1.54, 1.807) is 18.3 Å². The molecule has 0 spiro atoms. The Morgan fingerprint density at radius 3 is 2.67 bits per heavy atom. The predicted molar refractivity (Wildman–Crippen MR) is 68.5 cm³/mol. The Morgan fingerprint density at radius 1 is 1.17 bits per heavy atom. The van der Waals surface area contributed by atoms with Crippen LogP contribution in [0.4, 0.5) is 4.39 Å². The molecule has 2 aromatic heterocycles. The molecule has 0 aliphatic rings. The molecular formula is C14H12FN3. The molecule has 0 aliphatic heterocycles. The highest BCUT2D eigenvalue weighted by Gasteiger charge is 2.08. The van der Waals surface area contributed by atoms with Crippen LogP contribution in [0.2, 0.25) is 0 Å². The summed E-state index contributed by atoms with van der Waals surface area (Å²) in [6, 6.07) is 10.2. The number of hydrogen-bond acceptors (Lipinski definition) is 2. The number of hydrogen-bond donors (Lipinski definition) is 1. The van der Waals surface area contributed by atoms with Crippen molar-refractivity contribution >= 4 is 5.52 Å². The second-order valence-electron chi connectivity index (χ2n) is 4.08. The molecule has 0 bridgehead atoms. The van der Waals surface area contributed by atoms with Gasteiger partial charge in [-0.2, -0.15) is 0 Å². The maximum atomic E-state index is 12.9. The van der Waals surface area contributed by atoms with E-state index in [-0.39, 0.29) is 5.82 Å². The SMILES string of the molecule is NCc1cccn2c(-c3ccc(F)cc3)ncc12. The fraction of sp³-hybridized carbons (Fsp3) is 0.0714. The lowest BCUT2D eigenvalue weighted by Crippen LogP contribution is -1.99. The van der Waals surface area contributed by atoms with Crippen LogP contribution in [-0.2, 0) is 6.54 Å². The maximum absolute atomic E-state index is 12.9. The predicted octanol–water partition coefficient (Wildman–Crippen LogP) is 2.60. The van der Waals surface area contributed by atoms with Crippen LogP contribution in [0.5, 0.6) is 0 Å². The standard InChI is InChI=1S/C14H12FN3/c15-12-5-3-10(4-6-12)14-17-9-13-11(8-16)2-1-7-18(13)14/h1-7,9H,8,16H2. The highest BCUT2D eigenvalue weighted by Crippen LogP contribution is 2.21. The molecule has 2 heterocycles. The van der Waals surface area contributed by atoms with Crippen molar-refractivity contribution in [1.82, 2.24) is 9.38 Å². The van der Waals surface area contributed by atoms with Crippen molar-refractivity contribution in [2.45, 2.75) is 6.54 Å². The van der Waals surface area contributed by atoms with E-state index in [0.29, 0.717) is 6.54 Å². The maximum Gasteiger partial charge on any atom is 0.144 e. The van der Waals surface area contributed by atoms with Crippen LogP contribution in [0.15, 0.2) is 48.8 Å². The number of nitrogens with zero attached hydrogens (tertiary/aromatic N) is 2. The van der Waals surface area contributed by atoms with Crippen LogP contribution in [0.1, 0.15) is 5.56 Å². The van der Waals surface area contributed by atoms with Gasteiger partial charge in [0.05, 0.1) is 11.7 Å². The van der Waals surface area contributed by atoms with Gasteiger partial charge in [0, 0.05) is 18.3 Å². The van der Waals surface area contributed by atoms with Crippen LogP contribution in [0.25, 0.3) is 16.9 Å². The minimum Gasteiger partial charge on any atom is -0.326 e. The number of imidazole rings is 1. The zero-order valence-electron chi connectivity index (χ0n) is 9.68. The van der Waals surface area contributed by atoms with Crippen LogP contribution in [0, 0.1) is 5.82 Å². The normalized spacial score (nSPS) is 11.0. The van der Waals surface area contributed by atoms with Crippen LogP contribution < -0.4 is 5.73 Å². The summed E-state index contributed by atoms with van der Waals surface area (Å²) in [6.07, 6.45) is 3.72. The molecular weight excluding hydrogens is 229 g/mol. The van der Waals surface area contributed by atoms with E-state index < -0.39 is 0 Å². The Hall–Kier alpha value is -2.20. The molecule has 0 aliphatic carbocycles. The van der Waals surface area contributed by atoms with Gasteiger partial charge < -0.3 is 5.73 Å². The van der Waals surface area contributed by atoms with Gasteiger partial charge in [0.15, 0.2) is 0 Å². The Bertz CT molecular complexity index is 686. The molecule has 0 fully saturated rings. The van der Waals surface area contributed by atoms with Gasteiger partial charge in [-0.05, 0) is 35.9 Å². The van der Waals surface area contributed by atoms with Gasteiger partial charge in [-0.1, -0.05) is 6.07 Å². The number of rotatable bonds is 2. The van der Waals surface area contributed by atoms with Gasteiger partial charge in [0.25, 0.3) is 0 Å². The van der Waals surface area contributed by atoms with Gasteiger partial charge in [-0.25, -0.2) is 9.37 Å². The zero-order chi connectivity index (χ0) is 12.5.